The van der Waals surface area contributed by atoms with Crippen LogP contribution in [-0.2, 0) is 10.0 Å². The molecule has 0 spiro atoms. The number of aromatic nitrogens is 4. The Balaban J connectivity index is 1.58. The molecule has 0 fully saturated rings. The molecule has 136 valence electrons. The van der Waals surface area contributed by atoms with E-state index in [9.17, 15) is 12.8 Å². The highest BCUT2D eigenvalue weighted by molar-refractivity contribution is 7.89. The van der Waals surface area contributed by atoms with Crippen LogP contribution in [0.3, 0.4) is 0 Å². The van der Waals surface area contributed by atoms with Gasteiger partial charge in [-0.3, -0.25) is 0 Å². The van der Waals surface area contributed by atoms with Crippen molar-refractivity contribution in [3.63, 3.8) is 0 Å². The van der Waals surface area contributed by atoms with E-state index in [0.29, 0.717) is 11.6 Å². The minimum Gasteiger partial charge on any atom is -0.369 e. The third-order valence-corrected chi connectivity index (χ3v) is 4.95. The molecule has 0 saturated carbocycles. The molecular weight excluding hydrogens is 359 g/mol. The first-order valence-electron chi connectivity index (χ1n) is 7.78. The fourth-order valence-electron chi connectivity index (χ4n) is 2.23. The number of hydrogen-bond acceptors (Lipinski definition) is 6. The van der Waals surface area contributed by atoms with E-state index in [-0.39, 0.29) is 18.0 Å². The molecule has 0 saturated heterocycles. The Morgan fingerprint density at radius 3 is 2.69 bits per heavy atom. The lowest BCUT2D eigenvalue weighted by atomic mass is 10.4. The van der Waals surface area contributed by atoms with Crippen molar-refractivity contribution in [2.75, 3.05) is 18.4 Å². The summed E-state index contributed by atoms with van der Waals surface area (Å²) in [6.45, 7) is 2.21. The van der Waals surface area contributed by atoms with Crippen LogP contribution in [-0.4, -0.2) is 41.3 Å². The highest BCUT2D eigenvalue weighted by atomic mass is 32.2. The number of aryl methyl sites for hydroxylation is 1. The van der Waals surface area contributed by atoms with Crippen LogP contribution in [0.1, 0.15) is 5.69 Å². The van der Waals surface area contributed by atoms with E-state index < -0.39 is 15.8 Å². The van der Waals surface area contributed by atoms with E-state index in [0.717, 1.165) is 11.8 Å². The van der Waals surface area contributed by atoms with Crippen LogP contribution >= 0.6 is 0 Å². The average Bonchev–Trinajstić information content (AvgIpc) is 3.06. The van der Waals surface area contributed by atoms with Gasteiger partial charge < -0.3 is 5.32 Å². The number of nitrogens with one attached hydrogen (secondary N) is 2. The van der Waals surface area contributed by atoms with Gasteiger partial charge in [0.1, 0.15) is 22.9 Å². The molecule has 0 bridgehead atoms. The second-order valence-electron chi connectivity index (χ2n) is 5.42. The van der Waals surface area contributed by atoms with Crippen molar-refractivity contribution in [3.05, 3.63) is 60.4 Å². The first kappa shape index (κ1) is 18.0. The van der Waals surface area contributed by atoms with Crippen LogP contribution < -0.4 is 10.0 Å². The molecule has 2 aromatic heterocycles. The summed E-state index contributed by atoms with van der Waals surface area (Å²) in [5.74, 6) is 0.318. The average molecular weight is 376 g/mol. The van der Waals surface area contributed by atoms with Gasteiger partial charge in [-0.05, 0) is 25.1 Å². The summed E-state index contributed by atoms with van der Waals surface area (Å²) in [6.07, 6.45) is 3.17. The predicted molar refractivity (Wildman–Crippen MR) is 94.0 cm³/mol. The molecule has 3 aromatic rings. The lowest BCUT2D eigenvalue weighted by molar-refractivity contribution is 0.558. The number of anilines is 1. The molecule has 0 aliphatic rings. The Labute approximate surface area is 150 Å². The first-order chi connectivity index (χ1) is 12.5. The van der Waals surface area contributed by atoms with Crippen LogP contribution in [0.4, 0.5) is 10.2 Å². The summed E-state index contributed by atoms with van der Waals surface area (Å²) in [6, 6.07) is 8.77. The minimum atomic E-state index is -3.91. The Kier molecular flexibility index (Phi) is 5.24. The quantitative estimate of drug-likeness (QED) is 0.606. The molecule has 0 atom stereocenters. The molecule has 10 heteroatoms. The van der Waals surface area contributed by atoms with E-state index in [2.05, 4.69) is 25.1 Å². The smallest absolute Gasteiger partial charge is 0.243 e. The van der Waals surface area contributed by atoms with Crippen molar-refractivity contribution in [1.29, 1.82) is 0 Å². The third kappa shape index (κ3) is 4.21. The monoisotopic (exact) mass is 376 g/mol. The van der Waals surface area contributed by atoms with Crippen LogP contribution in [0.25, 0.3) is 5.82 Å². The Bertz CT molecular complexity index is 1010. The molecule has 0 aliphatic carbocycles. The highest BCUT2D eigenvalue weighted by Crippen LogP contribution is 2.13. The van der Waals surface area contributed by atoms with E-state index in [1.54, 1.807) is 16.9 Å². The van der Waals surface area contributed by atoms with Gasteiger partial charge >= 0.3 is 0 Å². The summed E-state index contributed by atoms with van der Waals surface area (Å²) >= 11 is 0. The van der Waals surface area contributed by atoms with E-state index in [1.807, 2.05) is 13.0 Å². The van der Waals surface area contributed by atoms with Crippen molar-refractivity contribution >= 4 is 15.8 Å². The van der Waals surface area contributed by atoms with Gasteiger partial charge in [0.05, 0.1) is 5.69 Å². The summed E-state index contributed by atoms with van der Waals surface area (Å²) < 4.78 is 41.7. The lowest BCUT2D eigenvalue weighted by Crippen LogP contribution is -2.29. The number of rotatable bonds is 7. The van der Waals surface area contributed by atoms with Gasteiger partial charge in [-0.15, -0.1) is 0 Å². The molecule has 0 radical (unpaired) electrons. The molecule has 0 amide bonds. The van der Waals surface area contributed by atoms with Gasteiger partial charge in [-0.25, -0.2) is 32.2 Å². The second-order valence-corrected chi connectivity index (χ2v) is 7.15. The van der Waals surface area contributed by atoms with Gasteiger partial charge in [0.15, 0.2) is 5.82 Å². The molecule has 1 aromatic carbocycles. The topological polar surface area (TPSA) is 102 Å². The van der Waals surface area contributed by atoms with E-state index in [4.69, 9.17) is 0 Å². The molecule has 2 N–H and O–H groups in total. The van der Waals surface area contributed by atoms with Crippen LogP contribution in [0.15, 0.2) is 53.8 Å². The van der Waals surface area contributed by atoms with Gasteiger partial charge in [0.2, 0.25) is 10.0 Å². The standard InChI is InChI=1S/C16H17FN6O2S/c1-12-6-9-23(22-12)16-10-15(19-11-20-16)18-7-8-21-26(24,25)14-5-3-2-4-13(14)17/h2-6,9-11,21H,7-8H2,1H3,(H,18,19,20). The number of sulfonamides is 1. The fourth-order valence-corrected chi connectivity index (χ4v) is 3.34. The van der Waals surface area contributed by atoms with Gasteiger partial charge in [0, 0.05) is 25.4 Å². The summed E-state index contributed by atoms with van der Waals surface area (Å²) in [5.41, 5.74) is 0.862. The van der Waals surface area contributed by atoms with Gasteiger partial charge in [-0.2, -0.15) is 5.10 Å². The lowest BCUT2D eigenvalue weighted by Gasteiger charge is -2.09. The summed E-state index contributed by atoms with van der Waals surface area (Å²) in [4.78, 5) is 7.84. The molecule has 2 heterocycles. The van der Waals surface area contributed by atoms with Crippen LogP contribution in [0.5, 0.6) is 0 Å². The number of benzene rings is 1. The molecule has 8 nitrogen and oxygen atoms in total. The molecule has 3 rings (SSSR count). The molecule has 0 aliphatic heterocycles. The largest absolute Gasteiger partial charge is 0.369 e. The minimum absolute atomic E-state index is 0.0664. The Morgan fingerprint density at radius 1 is 1.15 bits per heavy atom. The number of halogens is 1. The number of nitrogens with zero attached hydrogens (tertiary/aromatic N) is 4. The van der Waals surface area contributed by atoms with Crippen molar-refractivity contribution in [2.24, 2.45) is 0 Å². The van der Waals surface area contributed by atoms with Crippen LogP contribution in [0.2, 0.25) is 0 Å². The van der Waals surface area contributed by atoms with Crippen molar-refractivity contribution < 1.29 is 12.8 Å². The predicted octanol–water partition coefficient (Wildman–Crippen LogP) is 1.50. The molecule has 26 heavy (non-hydrogen) atoms. The zero-order chi connectivity index (χ0) is 18.6. The summed E-state index contributed by atoms with van der Waals surface area (Å²) in [5, 5.41) is 7.25. The first-order valence-corrected chi connectivity index (χ1v) is 9.27. The Hall–Kier alpha value is -2.85. The molecular formula is C16H17FN6O2S. The summed E-state index contributed by atoms with van der Waals surface area (Å²) in [7, 11) is -3.91. The highest BCUT2D eigenvalue weighted by Gasteiger charge is 2.17. The fraction of sp³-hybridized carbons (Fsp3) is 0.188. The van der Waals surface area contributed by atoms with Crippen molar-refractivity contribution in [1.82, 2.24) is 24.5 Å². The number of hydrogen-bond donors (Lipinski definition) is 2. The Morgan fingerprint density at radius 2 is 1.96 bits per heavy atom. The maximum atomic E-state index is 13.6. The second kappa shape index (κ2) is 7.58. The van der Waals surface area contributed by atoms with E-state index >= 15 is 0 Å². The normalized spacial score (nSPS) is 11.5. The van der Waals surface area contributed by atoms with Crippen LogP contribution in [0, 0.1) is 12.7 Å². The maximum absolute atomic E-state index is 13.6. The van der Waals surface area contributed by atoms with Crippen molar-refractivity contribution in [2.45, 2.75) is 11.8 Å². The third-order valence-electron chi connectivity index (χ3n) is 3.46. The maximum Gasteiger partial charge on any atom is 0.243 e. The van der Waals surface area contributed by atoms with Crippen molar-refractivity contribution in [3.8, 4) is 5.82 Å². The zero-order valence-corrected chi connectivity index (χ0v) is 14.7. The van der Waals surface area contributed by atoms with Gasteiger partial charge in [-0.1, -0.05) is 12.1 Å². The van der Waals surface area contributed by atoms with E-state index in [1.165, 1.54) is 24.5 Å². The molecule has 0 unspecified atom stereocenters. The SMILES string of the molecule is Cc1ccn(-c2cc(NCCNS(=O)(=O)c3ccccc3F)ncn2)n1. The van der Waals surface area contributed by atoms with Gasteiger partial charge in [0.25, 0.3) is 0 Å². The zero-order valence-electron chi connectivity index (χ0n) is 13.9.